The Morgan fingerprint density at radius 3 is 2.71 bits per heavy atom. The van der Waals surface area contributed by atoms with E-state index in [2.05, 4.69) is 19.2 Å². The number of carbonyl (C=O) groups excluding carboxylic acids is 2. The van der Waals surface area contributed by atoms with Gasteiger partial charge in [-0.05, 0) is 41.8 Å². The molecule has 2 atom stereocenters. The van der Waals surface area contributed by atoms with Crippen molar-refractivity contribution in [3.8, 4) is 17.2 Å². The van der Waals surface area contributed by atoms with E-state index in [1.165, 1.54) is 0 Å². The van der Waals surface area contributed by atoms with Gasteiger partial charge in [0, 0.05) is 31.1 Å². The first-order valence-electron chi connectivity index (χ1n) is 10.6. The lowest BCUT2D eigenvalue weighted by molar-refractivity contribution is -0.125. The second-order valence-electron chi connectivity index (χ2n) is 8.41. The van der Waals surface area contributed by atoms with Crippen molar-refractivity contribution in [3.63, 3.8) is 0 Å². The molecule has 2 aromatic rings. The van der Waals surface area contributed by atoms with Crippen LogP contribution in [0.5, 0.6) is 17.2 Å². The Morgan fingerprint density at radius 2 is 1.94 bits per heavy atom. The maximum atomic E-state index is 13.3. The highest BCUT2D eigenvalue weighted by molar-refractivity contribution is 5.96. The number of ether oxygens (including phenoxy) is 3. The number of amides is 2. The van der Waals surface area contributed by atoms with Crippen LogP contribution in [0.25, 0.3) is 0 Å². The van der Waals surface area contributed by atoms with E-state index in [-0.39, 0.29) is 30.4 Å². The van der Waals surface area contributed by atoms with Gasteiger partial charge in [0.25, 0.3) is 5.91 Å². The van der Waals surface area contributed by atoms with Crippen LogP contribution in [0, 0.1) is 11.8 Å². The fourth-order valence-electron chi connectivity index (χ4n) is 4.09. The lowest BCUT2D eigenvalue weighted by Gasteiger charge is -2.19. The molecular weight excluding hydrogens is 396 g/mol. The number of rotatable bonds is 6. The van der Waals surface area contributed by atoms with Crippen molar-refractivity contribution in [2.45, 2.75) is 19.8 Å². The molecule has 0 bridgehead atoms. The molecule has 1 N–H and O–H groups in total. The van der Waals surface area contributed by atoms with E-state index in [1.54, 1.807) is 30.2 Å². The van der Waals surface area contributed by atoms with Crippen molar-refractivity contribution >= 4 is 11.8 Å². The summed E-state index contributed by atoms with van der Waals surface area (Å²) in [6, 6.07) is 12.9. The van der Waals surface area contributed by atoms with Crippen LogP contribution in [0.1, 0.15) is 35.7 Å². The molecule has 2 aliphatic heterocycles. The monoisotopic (exact) mass is 424 g/mol. The molecule has 2 unspecified atom stereocenters. The van der Waals surface area contributed by atoms with Crippen LogP contribution in [0.15, 0.2) is 42.5 Å². The van der Waals surface area contributed by atoms with Crippen LogP contribution in [0.2, 0.25) is 0 Å². The van der Waals surface area contributed by atoms with E-state index >= 15 is 0 Å². The first-order valence-corrected chi connectivity index (χ1v) is 10.6. The minimum Gasteiger partial charge on any atom is -0.497 e. The van der Waals surface area contributed by atoms with Gasteiger partial charge in [-0.25, -0.2) is 0 Å². The molecule has 2 aliphatic rings. The number of nitrogens with one attached hydrogen (secondary N) is 1. The average molecular weight is 424 g/mol. The van der Waals surface area contributed by atoms with E-state index < -0.39 is 0 Å². The zero-order chi connectivity index (χ0) is 22.0. The number of hydrogen-bond donors (Lipinski definition) is 1. The SMILES string of the molecule is COc1cccc(C2CN(C(=O)c3ccc4c(c3)OCO4)CC2C(=O)NCC(C)C)c1. The van der Waals surface area contributed by atoms with Crippen LogP contribution < -0.4 is 19.5 Å². The van der Waals surface area contributed by atoms with Gasteiger partial charge in [0.2, 0.25) is 12.7 Å². The van der Waals surface area contributed by atoms with Crippen molar-refractivity contribution in [1.29, 1.82) is 0 Å². The molecule has 4 rings (SSSR count). The number of hydrogen-bond acceptors (Lipinski definition) is 5. The summed E-state index contributed by atoms with van der Waals surface area (Å²) in [4.78, 5) is 28.0. The summed E-state index contributed by atoms with van der Waals surface area (Å²) in [5, 5.41) is 3.04. The third-order valence-electron chi connectivity index (χ3n) is 5.77. The molecule has 2 amide bonds. The molecule has 7 nitrogen and oxygen atoms in total. The molecular formula is C24H28N2O5. The van der Waals surface area contributed by atoms with Gasteiger partial charge in [-0.1, -0.05) is 26.0 Å². The molecule has 0 spiro atoms. The van der Waals surface area contributed by atoms with E-state index in [4.69, 9.17) is 14.2 Å². The van der Waals surface area contributed by atoms with Crippen molar-refractivity contribution in [1.82, 2.24) is 10.2 Å². The number of likely N-dealkylation sites (tertiary alicyclic amines) is 1. The summed E-state index contributed by atoms with van der Waals surface area (Å²) in [5.41, 5.74) is 1.52. The molecule has 0 saturated carbocycles. The summed E-state index contributed by atoms with van der Waals surface area (Å²) in [7, 11) is 1.62. The van der Waals surface area contributed by atoms with E-state index in [1.807, 2.05) is 24.3 Å². The summed E-state index contributed by atoms with van der Waals surface area (Å²) < 4.78 is 16.1. The van der Waals surface area contributed by atoms with Crippen molar-refractivity contribution in [2.24, 2.45) is 11.8 Å². The Balaban J connectivity index is 1.58. The summed E-state index contributed by atoms with van der Waals surface area (Å²) in [5.74, 6) is 1.71. The Bertz CT molecular complexity index is 974. The minimum absolute atomic E-state index is 0.0255. The van der Waals surface area contributed by atoms with Gasteiger partial charge in [-0.2, -0.15) is 0 Å². The largest absolute Gasteiger partial charge is 0.497 e. The second-order valence-corrected chi connectivity index (χ2v) is 8.41. The summed E-state index contributed by atoms with van der Waals surface area (Å²) in [6.07, 6.45) is 0. The molecule has 2 aromatic carbocycles. The highest BCUT2D eigenvalue weighted by Gasteiger charge is 2.41. The molecule has 7 heteroatoms. The second kappa shape index (κ2) is 8.88. The highest BCUT2D eigenvalue weighted by Crippen LogP contribution is 2.37. The van der Waals surface area contributed by atoms with Crippen molar-refractivity contribution < 1.29 is 23.8 Å². The summed E-state index contributed by atoms with van der Waals surface area (Å²) in [6.45, 7) is 5.70. The molecule has 0 radical (unpaired) electrons. The Morgan fingerprint density at radius 1 is 1.13 bits per heavy atom. The zero-order valence-electron chi connectivity index (χ0n) is 18.1. The van der Waals surface area contributed by atoms with Crippen LogP contribution >= 0.6 is 0 Å². The molecule has 1 fully saturated rings. The third-order valence-corrected chi connectivity index (χ3v) is 5.77. The smallest absolute Gasteiger partial charge is 0.254 e. The van der Waals surface area contributed by atoms with Gasteiger partial charge < -0.3 is 24.4 Å². The van der Waals surface area contributed by atoms with E-state index in [0.717, 1.165) is 11.3 Å². The van der Waals surface area contributed by atoms with Crippen LogP contribution in [-0.4, -0.2) is 50.3 Å². The van der Waals surface area contributed by atoms with Gasteiger partial charge >= 0.3 is 0 Å². The van der Waals surface area contributed by atoms with Gasteiger partial charge in [-0.15, -0.1) is 0 Å². The van der Waals surface area contributed by atoms with Crippen LogP contribution in [0.4, 0.5) is 0 Å². The first kappa shape index (κ1) is 21.0. The maximum Gasteiger partial charge on any atom is 0.254 e. The number of nitrogens with zero attached hydrogens (tertiary/aromatic N) is 1. The zero-order valence-corrected chi connectivity index (χ0v) is 18.1. The molecule has 0 aliphatic carbocycles. The molecule has 2 heterocycles. The minimum atomic E-state index is -0.330. The molecule has 164 valence electrons. The standard InChI is InChI=1S/C24H28N2O5/c1-15(2)11-25-23(27)20-13-26(12-19(20)16-5-4-6-18(9-16)29-3)24(28)17-7-8-21-22(10-17)31-14-30-21/h4-10,15,19-20H,11-14H2,1-3H3,(H,25,27). The Hall–Kier alpha value is -3.22. The number of methoxy groups -OCH3 is 1. The fourth-order valence-corrected chi connectivity index (χ4v) is 4.09. The van der Waals surface area contributed by atoms with Crippen molar-refractivity contribution in [3.05, 3.63) is 53.6 Å². The average Bonchev–Trinajstić information content (AvgIpc) is 3.43. The van der Waals surface area contributed by atoms with Gasteiger partial charge in [0.05, 0.1) is 13.0 Å². The van der Waals surface area contributed by atoms with Crippen LogP contribution in [0.3, 0.4) is 0 Å². The van der Waals surface area contributed by atoms with Crippen LogP contribution in [-0.2, 0) is 4.79 Å². The Kier molecular flexibility index (Phi) is 6.02. The molecule has 1 saturated heterocycles. The number of fused-ring (bicyclic) bond motifs is 1. The third kappa shape index (κ3) is 4.45. The molecule has 0 aromatic heterocycles. The van der Waals surface area contributed by atoms with Crippen molar-refractivity contribution in [2.75, 3.05) is 33.5 Å². The fraction of sp³-hybridized carbons (Fsp3) is 0.417. The van der Waals surface area contributed by atoms with Gasteiger partial charge in [-0.3, -0.25) is 9.59 Å². The Labute approximate surface area is 182 Å². The lowest BCUT2D eigenvalue weighted by Crippen LogP contribution is -2.37. The molecule has 31 heavy (non-hydrogen) atoms. The summed E-state index contributed by atoms with van der Waals surface area (Å²) >= 11 is 0. The number of carbonyl (C=O) groups is 2. The maximum absolute atomic E-state index is 13.3. The topological polar surface area (TPSA) is 77.1 Å². The van der Waals surface area contributed by atoms with E-state index in [9.17, 15) is 9.59 Å². The van der Waals surface area contributed by atoms with E-state index in [0.29, 0.717) is 42.6 Å². The predicted molar refractivity (Wildman–Crippen MR) is 116 cm³/mol. The van der Waals surface area contributed by atoms with Gasteiger partial charge in [0.15, 0.2) is 11.5 Å². The number of benzene rings is 2. The highest BCUT2D eigenvalue weighted by atomic mass is 16.7. The quantitative estimate of drug-likeness (QED) is 0.771. The first-order chi connectivity index (χ1) is 15.0. The van der Waals surface area contributed by atoms with Gasteiger partial charge in [0.1, 0.15) is 5.75 Å². The normalized spacial score (nSPS) is 19.5. The predicted octanol–water partition coefficient (Wildman–Crippen LogP) is 3.05. The lowest BCUT2D eigenvalue weighted by atomic mass is 9.88.